The highest BCUT2D eigenvalue weighted by atomic mass is 16.1. The Hall–Kier alpha value is -2.95. The molecule has 5 nitrogen and oxygen atoms in total. The molecule has 122 valence electrons. The lowest BCUT2D eigenvalue weighted by atomic mass is 10.2. The molecule has 0 aliphatic heterocycles. The summed E-state index contributed by atoms with van der Waals surface area (Å²) in [6.07, 6.45) is 0.775. The molecule has 0 aliphatic rings. The molecule has 0 amide bonds. The van der Waals surface area contributed by atoms with Gasteiger partial charge in [0, 0.05) is 12.3 Å². The summed E-state index contributed by atoms with van der Waals surface area (Å²) in [4.78, 5) is 17.4. The molecule has 0 saturated carbocycles. The van der Waals surface area contributed by atoms with Gasteiger partial charge in [0.1, 0.15) is 0 Å². The SMILES string of the molecule is CC/C(C)=N\n1c(NCc2ccccc2)nc2ccccc2c1=O. The van der Waals surface area contributed by atoms with Gasteiger partial charge in [-0.05, 0) is 31.0 Å². The Kier molecular flexibility index (Phi) is 4.70. The molecule has 0 radical (unpaired) electrons. The fourth-order valence-corrected chi connectivity index (χ4v) is 2.35. The molecule has 0 fully saturated rings. The number of nitrogens with zero attached hydrogens (tertiary/aromatic N) is 3. The predicted molar refractivity (Wildman–Crippen MR) is 98.6 cm³/mol. The molecule has 0 bridgehead atoms. The Balaban J connectivity index is 2.07. The average molecular weight is 320 g/mol. The van der Waals surface area contributed by atoms with Crippen molar-refractivity contribution in [1.82, 2.24) is 9.66 Å². The quantitative estimate of drug-likeness (QED) is 0.730. The Morgan fingerprint density at radius 3 is 2.58 bits per heavy atom. The van der Waals surface area contributed by atoms with E-state index in [9.17, 15) is 4.79 Å². The normalized spacial score (nSPS) is 11.7. The van der Waals surface area contributed by atoms with E-state index in [1.54, 1.807) is 6.07 Å². The predicted octanol–water partition coefficient (Wildman–Crippen LogP) is 3.64. The number of para-hydroxylation sites is 1. The van der Waals surface area contributed by atoms with Gasteiger partial charge in [-0.2, -0.15) is 9.78 Å². The third kappa shape index (κ3) is 3.35. The fraction of sp³-hybridized carbons (Fsp3) is 0.211. The summed E-state index contributed by atoms with van der Waals surface area (Å²) in [7, 11) is 0. The van der Waals surface area contributed by atoms with Crippen LogP contribution in [0.15, 0.2) is 64.5 Å². The third-order valence-electron chi connectivity index (χ3n) is 3.83. The number of rotatable bonds is 5. The zero-order valence-corrected chi connectivity index (χ0v) is 13.9. The molecule has 3 aromatic rings. The van der Waals surface area contributed by atoms with Crippen LogP contribution >= 0.6 is 0 Å². The van der Waals surface area contributed by atoms with Gasteiger partial charge in [-0.25, -0.2) is 4.98 Å². The van der Waals surface area contributed by atoms with Gasteiger partial charge < -0.3 is 5.32 Å². The van der Waals surface area contributed by atoms with Crippen molar-refractivity contribution < 1.29 is 0 Å². The van der Waals surface area contributed by atoms with E-state index in [4.69, 9.17) is 0 Å². The van der Waals surface area contributed by atoms with Gasteiger partial charge in [-0.1, -0.05) is 49.4 Å². The van der Waals surface area contributed by atoms with Crippen LogP contribution in [-0.2, 0) is 6.54 Å². The second-order valence-electron chi connectivity index (χ2n) is 5.60. The summed E-state index contributed by atoms with van der Waals surface area (Å²) in [6, 6.07) is 17.3. The van der Waals surface area contributed by atoms with Gasteiger partial charge in [-0.15, -0.1) is 0 Å². The van der Waals surface area contributed by atoms with Crippen LogP contribution in [0.2, 0.25) is 0 Å². The fourth-order valence-electron chi connectivity index (χ4n) is 2.35. The Morgan fingerprint density at radius 1 is 1.12 bits per heavy atom. The third-order valence-corrected chi connectivity index (χ3v) is 3.83. The van der Waals surface area contributed by atoms with Crippen molar-refractivity contribution in [2.45, 2.75) is 26.8 Å². The van der Waals surface area contributed by atoms with Gasteiger partial charge in [0.25, 0.3) is 5.56 Å². The van der Waals surface area contributed by atoms with E-state index in [0.717, 1.165) is 17.7 Å². The highest BCUT2D eigenvalue weighted by Gasteiger charge is 2.10. The van der Waals surface area contributed by atoms with Crippen LogP contribution in [0.5, 0.6) is 0 Å². The molecule has 1 aromatic heterocycles. The number of aromatic nitrogens is 2. The number of hydrogen-bond donors (Lipinski definition) is 1. The average Bonchev–Trinajstić information content (AvgIpc) is 2.63. The van der Waals surface area contributed by atoms with Crippen molar-refractivity contribution in [2.24, 2.45) is 5.10 Å². The molecule has 0 aliphatic carbocycles. The van der Waals surface area contributed by atoms with Crippen LogP contribution in [0, 0.1) is 0 Å². The molecule has 3 rings (SSSR count). The maximum absolute atomic E-state index is 12.8. The van der Waals surface area contributed by atoms with E-state index in [-0.39, 0.29) is 5.56 Å². The maximum atomic E-state index is 12.8. The smallest absolute Gasteiger partial charge is 0.283 e. The summed E-state index contributed by atoms with van der Waals surface area (Å²) < 4.78 is 1.37. The molecule has 1 heterocycles. The highest BCUT2D eigenvalue weighted by molar-refractivity contribution is 5.82. The first-order chi connectivity index (χ1) is 11.7. The number of anilines is 1. The van der Waals surface area contributed by atoms with E-state index >= 15 is 0 Å². The lowest BCUT2D eigenvalue weighted by molar-refractivity contribution is 0.804. The number of nitrogens with one attached hydrogen (secondary N) is 1. The van der Waals surface area contributed by atoms with Gasteiger partial charge in [0.05, 0.1) is 10.9 Å². The molecule has 0 saturated heterocycles. The molecule has 0 unspecified atom stereocenters. The van der Waals surface area contributed by atoms with Gasteiger partial charge in [0.2, 0.25) is 5.95 Å². The van der Waals surface area contributed by atoms with E-state index in [1.807, 2.05) is 62.4 Å². The lowest BCUT2D eigenvalue weighted by Gasteiger charge is -2.12. The molecule has 24 heavy (non-hydrogen) atoms. The Morgan fingerprint density at radius 2 is 1.83 bits per heavy atom. The van der Waals surface area contributed by atoms with Crippen LogP contribution in [0.1, 0.15) is 25.8 Å². The first-order valence-corrected chi connectivity index (χ1v) is 8.03. The van der Waals surface area contributed by atoms with Crippen molar-refractivity contribution in [3.8, 4) is 0 Å². The summed E-state index contributed by atoms with van der Waals surface area (Å²) in [5.74, 6) is 0.454. The molecule has 5 heteroatoms. The minimum Gasteiger partial charge on any atom is -0.350 e. The summed E-state index contributed by atoms with van der Waals surface area (Å²) in [5.41, 5.74) is 2.49. The number of benzene rings is 2. The van der Waals surface area contributed by atoms with Crippen molar-refractivity contribution in [2.75, 3.05) is 5.32 Å². The largest absolute Gasteiger partial charge is 0.350 e. The molecular formula is C19H20N4O. The second-order valence-corrected chi connectivity index (χ2v) is 5.60. The van der Waals surface area contributed by atoms with E-state index in [0.29, 0.717) is 23.4 Å². The maximum Gasteiger partial charge on any atom is 0.283 e. The molecule has 1 N–H and O–H groups in total. The second kappa shape index (κ2) is 7.08. The van der Waals surface area contributed by atoms with Crippen molar-refractivity contribution in [3.63, 3.8) is 0 Å². The Bertz CT molecular complexity index is 929. The topological polar surface area (TPSA) is 59.3 Å². The first kappa shape index (κ1) is 15.9. The lowest BCUT2D eigenvalue weighted by Crippen LogP contribution is -2.23. The minimum atomic E-state index is -0.163. The van der Waals surface area contributed by atoms with Gasteiger partial charge in [-0.3, -0.25) is 4.79 Å². The summed E-state index contributed by atoms with van der Waals surface area (Å²) >= 11 is 0. The number of hydrogen-bond acceptors (Lipinski definition) is 4. The summed E-state index contributed by atoms with van der Waals surface area (Å²) in [6.45, 7) is 4.49. The molecule has 0 spiro atoms. The van der Waals surface area contributed by atoms with Crippen LogP contribution in [0.4, 0.5) is 5.95 Å². The molecular weight excluding hydrogens is 300 g/mol. The minimum absolute atomic E-state index is 0.163. The number of fused-ring (bicyclic) bond motifs is 1. The van der Waals surface area contributed by atoms with Crippen LogP contribution < -0.4 is 10.9 Å². The molecule has 2 aromatic carbocycles. The van der Waals surface area contributed by atoms with E-state index in [1.165, 1.54) is 4.68 Å². The van der Waals surface area contributed by atoms with Gasteiger partial charge >= 0.3 is 0 Å². The van der Waals surface area contributed by atoms with Crippen molar-refractivity contribution >= 4 is 22.6 Å². The van der Waals surface area contributed by atoms with Crippen molar-refractivity contribution in [3.05, 3.63) is 70.5 Å². The zero-order valence-electron chi connectivity index (χ0n) is 13.9. The van der Waals surface area contributed by atoms with E-state index in [2.05, 4.69) is 15.4 Å². The highest BCUT2D eigenvalue weighted by Crippen LogP contribution is 2.12. The summed E-state index contributed by atoms with van der Waals surface area (Å²) in [5, 5.41) is 8.24. The van der Waals surface area contributed by atoms with Crippen LogP contribution in [-0.4, -0.2) is 15.4 Å². The van der Waals surface area contributed by atoms with Crippen LogP contribution in [0.25, 0.3) is 10.9 Å². The van der Waals surface area contributed by atoms with Gasteiger partial charge in [0.15, 0.2) is 0 Å². The van der Waals surface area contributed by atoms with Crippen molar-refractivity contribution in [1.29, 1.82) is 0 Å². The van der Waals surface area contributed by atoms with E-state index < -0.39 is 0 Å². The van der Waals surface area contributed by atoms with Crippen LogP contribution in [0.3, 0.4) is 0 Å². The monoisotopic (exact) mass is 320 g/mol. The molecule has 0 atom stereocenters. The standard InChI is InChI=1S/C19H20N4O/c1-3-14(2)22-23-18(24)16-11-7-8-12-17(16)21-19(23)20-13-15-9-5-4-6-10-15/h4-12H,3,13H2,1-2H3,(H,20,21)/b22-14-. The Labute approximate surface area is 140 Å². The first-order valence-electron chi connectivity index (χ1n) is 8.03. The zero-order chi connectivity index (χ0) is 16.9.